The van der Waals surface area contributed by atoms with Gasteiger partial charge < -0.3 is 23.5 Å². The lowest BCUT2D eigenvalue weighted by Crippen LogP contribution is -2.22. The number of benzene rings is 3. The first kappa shape index (κ1) is 29.8. The molecule has 9 heteroatoms. The van der Waals surface area contributed by atoms with Crippen LogP contribution in [0.15, 0.2) is 65.1 Å². The molecule has 0 atom stereocenters. The van der Waals surface area contributed by atoms with E-state index in [1.807, 2.05) is 30.5 Å². The molecule has 1 aliphatic rings. The number of Topliss-reactive ketones (excluding diaryl/α,β-unsaturated/α-hetero) is 1. The Bertz CT molecular complexity index is 1560. The van der Waals surface area contributed by atoms with Crippen LogP contribution in [0.3, 0.4) is 0 Å². The van der Waals surface area contributed by atoms with E-state index >= 15 is 0 Å². The van der Waals surface area contributed by atoms with Gasteiger partial charge in [0.15, 0.2) is 5.78 Å². The van der Waals surface area contributed by atoms with Crippen molar-refractivity contribution in [2.75, 3.05) is 44.0 Å². The van der Waals surface area contributed by atoms with Crippen LogP contribution in [0.5, 0.6) is 0 Å². The third-order valence-electron chi connectivity index (χ3n) is 7.32. The van der Waals surface area contributed by atoms with Gasteiger partial charge in [-0.3, -0.25) is 9.59 Å². The Hall–Kier alpha value is -3.66. The maximum Gasteiger partial charge on any atom is 0.255 e. The summed E-state index contributed by atoms with van der Waals surface area (Å²) in [7, 11) is 1.60. The van der Waals surface area contributed by atoms with Gasteiger partial charge in [0.1, 0.15) is 17.2 Å². The maximum absolute atomic E-state index is 13.6. The van der Waals surface area contributed by atoms with Crippen molar-refractivity contribution >= 4 is 40.3 Å². The van der Waals surface area contributed by atoms with Gasteiger partial charge in [-0.05, 0) is 73.2 Å². The number of halogens is 1. The zero-order valence-corrected chi connectivity index (χ0v) is 24.9. The highest BCUT2D eigenvalue weighted by molar-refractivity contribution is 7.99. The second-order valence-electron chi connectivity index (χ2n) is 10.3. The summed E-state index contributed by atoms with van der Waals surface area (Å²) in [4.78, 5) is 24.6. The summed E-state index contributed by atoms with van der Waals surface area (Å²) in [6.45, 7) is 4.05. The summed E-state index contributed by atoms with van der Waals surface area (Å²) in [5, 5.41) is 3.48. The van der Waals surface area contributed by atoms with Crippen LogP contribution in [0, 0.1) is 5.82 Å². The topological polar surface area (TPSA) is 81.0 Å². The minimum Gasteiger partial charge on any atom is -0.455 e. The second-order valence-corrected chi connectivity index (χ2v) is 11.1. The van der Waals surface area contributed by atoms with Gasteiger partial charge in [-0.1, -0.05) is 30.1 Å². The zero-order chi connectivity index (χ0) is 29.6. The molecule has 0 unspecified atom stereocenters. The third kappa shape index (κ3) is 6.86. The lowest BCUT2D eigenvalue weighted by atomic mass is 10.0. The van der Waals surface area contributed by atoms with Gasteiger partial charge in [0.25, 0.3) is 5.91 Å². The van der Waals surface area contributed by atoms with Gasteiger partial charge in [0.05, 0.1) is 44.2 Å². The van der Waals surface area contributed by atoms with Crippen molar-refractivity contribution < 1.29 is 27.9 Å². The Kier molecular flexibility index (Phi) is 9.62. The van der Waals surface area contributed by atoms with Gasteiger partial charge >= 0.3 is 0 Å². The molecule has 0 radical (unpaired) electrons. The monoisotopic (exact) mass is 590 g/mol. The number of amides is 1. The molecular formula is C33H35FN2O5S. The van der Waals surface area contributed by atoms with E-state index in [0.29, 0.717) is 66.9 Å². The van der Waals surface area contributed by atoms with Crippen LogP contribution in [-0.4, -0.2) is 51.4 Å². The molecular weight excluding hydrogens is 555 g/mol. The van der Waals surface area contributed by atoms with Gasteiger partial charge in [-0.15, -0.1) is 0 Å². The summed E-state index contributed by atoms with van der Waals surface area (Å²) in [5.74, 6) is 0.298. The van der Waals surface area contributed by atoms with Crippen LogP contribution in [0.25, 0.3) is 22.3 Å². The van der Waals surface area contributed by atoms with E-state index in [-0.39, 0.29) is 17.5 Å². The van der Waals surface area contributed by atoms with Crippen molar-refractivity contribution in [1.82, 2.24) is 5.32 Å². The number of ketones is 1. The number of nitrogens with zero attached hydrogens (tertiary/aromatic N) is 1. The van der Waals surface area contributed by atoms with Crippen molar-refractivity contribution in [2.45, 2.75) is 32.3 Å². The minimum absolute atomic E-state index is 0.0368. The normalized spacial score (nSPS) is 13.0. The van der Waals surface area contributed by atoms with Crippen LogP contribution in [0.2, 0.25) is 0 Å². The van der Waals surface area contributed by atoms with Crippen molar-refractivity contribution in [1.29, 1.82) is 0 Å². The number of fused-ring (bicyclic) bond motifs is 1. The van der Waals surface area contributed by atoms with E-state index < -0.39 is 0 Å². The molecule has 1 heterocycles. The van der Waals surface area contributed by atoms with Crippen LogP contribution in [-0.2, 0) is 16.1 Å². The molecule has 5 rings (SSSR count). The van der Waals surface area contributed by atoms with Crippen molar-refractivity contribution in [2.24, 2.45) is 0 Å². The number of rotatable bonds is 14. The van der Waals surface area contributed by atoms with Crippen molar-refractivity contribution in [3.05, 3.63) is 88.7 Å². The highest BCUT2D eigenvalue weighted by atomic mass is 32.2. The maximum atomic E-state index is 13.6. The summed E-state index contributed by atoms with van der Waals surface area (Å²) in [6, 6.07) is 17.5. The number of carbonyl (C=O) groups is 2. The Morgan fingerprint density at radius 3 is 2.50 bits per heavy atom. The summed E-state index contributed by atoms with van der Waals surface area (Å²) in [5.41, 5.74) is 5.58. The summed E-state index contributed by atoms with van der Waals surface area (Å²) in [6.07, 6.45) is 4.23. The molecule has 1 aliphatic carbocycles. The highest BCUT2D eigenvalue weighted by Gasteiger charge is 2.31. The van der Waals surface area contributed by atoms with E-state index in [1.54, 1.807) is 44.1 Å². The fourth-order valence-electron chi connectivity index (χ4n) is 4.99. The van der Waals surface area contributed by atoms with Gasteiger partial charge in [-0.2, -0.15) is 0 Å². The SMILES string of the molecule is CNC(=O)c1c(-c2ccc(F)cc2)oc2cc(N(CCOCCOCc3cccc(C(C)=O)c3)SC)c(C3CC3)cc12. The number of hydrogen-bond acceptors (Lipinski definition) is 7. The van der Waals surface area contributed by atoms with E-state index in [4.69, 9.17) is 13.9 Å². The van der Waals surface area contributed by atoms with E-state index in [1.165, 1.54) is 17.7 Å². The Morgan fingerprint density at radius 2 is 1.81 bits per heavy atom. The number of ether oxygens (including phenoxy) is 2. The lowest BCUT2D eigenvalue weighted by Gasteiger charge is -2.24. The van der Waals surface area contributed by atoms with Crippen LogP contribution in [0.1, 0.15) is 57.5 Å². The molecule has 0 bridgehead atoms. The molecule has 1 aromatic heterocycles. The molecule has 42 heavy (non-hydrogen) atoms. The smallest absolute Gasteiger partial charge is 0.255 e. The van der Waals surface area contributed by atoms with Crippen molar-refractivity contribution in [3.8, 4) is 11.3 Å². The number of carbonyl (C=O) groups excluding carboxylic acids is 2. The lowest BCUT2D eigenvalue weighted by molar-refractivity contribution is 0.0436. The van der Waals surface area contributed by atoms with E-state index in [2.05, 4.69) is 15.7 Å². The summed E-state index contributed by atoms with van der Waals surface area (Å²) < 4.78 is 33.7. The fraction of sp³-hybridized carbons (Fsp3) is 0.333. The first-order chi connectivity index (χ1) is 20.4. The predicted molar refractivity (Wildman–Crippen MR) is 165 cm³/mol. The average Bonchev–Trinajstić information content (AvgIpc) is 3.78. The quantitative estimate of drug-likeness (QED) is 0.0963. The standard InChI is InChI=1S/C33H35FN2O5S/c1-21(37)25-6-4-5-22(17-25)20-40-16-15-39-14-13-36(42-3)29-19-30-28(18-27(29)23-7-8-23)31(33(38)35-2)32(41-30)24-9-11-26(34)12-10-24/h4-6,9-12,17-19,23H,7-8,13-16,20H2,1-3H3,(H,35,38). The molecule has 0 saturated heterocycles. The number of nitrogens with one attached hydrogen (secondary N) is 1. The first-order valence-electron chi connectivity index (χ1n) is 14.0. The minimum atomic E-state index is -0.349. The zero-order valence-electron chi connectivity index (χ0n) is 24.1. The third-order valence-corrected chi connectivity index (χ3v) is 8.14. The molecule has 4 aromatic rings. The first-order valence-corrected chi connectivity index (χ1v) is 15.2. The number of anilines is 1. The highest BCUT2D eigenvalue weighted by Crippen LogP contribution is 2.48. The molecule has 0 aliphatic heterocycles. The molecule has 3 aromatic carbocycles. The fourth-order valence-corrected chi connectivity index (χ4v) is 5.60. The average molecular weight is 591 g/mol. The van der Waals surface area contributed by atoms with Crippen LogP contribution in [0.4, 0.5) is 10.1 Å². The largest absolute Gasteiger partial charge is 0.455 e. The Labute approximate surface area is 249 Å². The van der Waals surface area contributed by atoms with Gasteiger partial charge in [0, 0.05) is 35.9 Å². The Balaban J connectivity index is 1.27. The Morgan fingerprint density at radius 1 is 1.05 bits per heavy atom. The molecule has 1 fully saturated rings. The van der Waals surface area contributed by atoms with Gasteiger partial charge in [-0.25, -0.2) is 4.39 Å². The van der Waals surface area contributed by atoms with Crippen molar-refractivity contribution in [3.63, 3.8) is 0 Å². The number of furan rings is 1. The van der Waals surface area contributed by atoms with E-state index in [0.717, 1.165) is 29.5 Å². The molecule has 220 valence electrons. The molecule has 0 spiro atoms. The predicted octanol–water partition coefficient (Wildman–Crippen LogP) is 7.00. The molecule has 7 nitrogen and oxygen atoms in total. The molecule has 1 saturated carbocycles. The summed E-state index contributed by atoms with van der Waals surface area (Å²) >= 11 is 1.61. The van der Waals surface area contributed by atoms with Crippen LogP contribution >= 0.6 is 11.9 Å². The van der Waals surface area contributed by atoms with Gasteiger partial charge in [0.2, 0.25) is 0 Å². The molecule has 1 N–H and O–H groups in total. The number of hydrogen-bond donors (Lipinski definition) is 1. The molecule has 1 amide bonds. The van der Waals surface area contributed by atoms with E-state index in [9.17, 15) is 14.0 Å². The van der Waals surface area contributed by atoms with Crippen LogP contribution < -0.4 is 9.62 Å². The second kappa shape index (κ2) is 13.5.